The molecule has 1 aromatic heterocycles. The van der Waals surface area contributed by atoms with Crippen LogP contribution in [0.5, 0.6) is 17.2 Å². The Labute approximate surface area is 180 Å². The molecule has 8 heteroatoms. The van der Waals surface area contributed by atoms with E-state index in [1.54, 1.807) is 18.2 Å². The van der Waals surface area contributed by atoms with Crippen LogP contribution < -0.4 is 25.1 Å². The van der Waals surface area contributed by atoms with Gasteiger partial charge in [0.05, 0.1) is 25.7 Å². The highest BCUT2D eigenvalue weighted by atomic mass is 16.5. The third-order valence-electron chi connectivity index (χ3n) is 4.44. The van der Waals surface area contributed by atoms with Crippen molar-refractivity contribution < 1.29 is 19.0 Å². The number of aromatic nitrogens is 2. The number of hydrogen-bond donors (Lipinski definition) is 1. The summed E-state index contributed by atoms with van der Waals surface area (Å²) in [4.78, 5) is 28.7. The van der Waals surface area contributed by atoms with Gasteiger partial charge in [0.2, 0.25) is 0 Å². The van der Waals surface area contributed by atoms with Gasteiger partial charge in [-0.3, -0.25) is 14.2 Å². The fourth-order valence-electron chi connectivity index (χ4n) is 2.89. The van der Waals surface area contributed by atoms with E-state index in [-0.39, 0.29) is 24.6 Å². The summed E-state index contributed by atoms with van der Waals surface area (Å²) in [5.74, 6) is 1.52. The van der Waals surface area contributed by atoms with Gasteiger partial charge in [0.1, 0.15) is 5.75 Å². The van der Waals surface area contributed by atoms with Crippen molar-refractivity contribution in [3.63, 3.8) is 0 Å². The summed E-state index contributed by atoms with van der Waals surface area (Å²) in [6.45, 7) is 2.94. The van der Waals surface area contributed by atoms with Crippen molar-refractivity contribution in [1.82, 2.24) is 14.9 Å². The second kappa shape index (κ2) is 10.8. The van der Waals surface area contributed by atoms with Crippen LogP contribution in [0.15, 0.2) is 65.7 Å². The number of amides is 1. The first kappa shape index (κ1) is 21.9. The third-order valence-corrected chi connectivity index (χ3v) is 4.44. The molecule has 0 atom stereocenters. The minimum atomic E-state index is -0.294. The SMILES string of the molecule is CCOc1ccc(-c2cc(=O)n(CCNC(=O)COc3ccccc3OC)cn2)cc1. The van der Waals surface area contributed by atoms with E-state index in [4.69, 9.17) is 14.2 Å². The maximum Gasteiger partial charge on any atom is 0.258 e. The fraction of sp³-hybridized carbons (Fsp3) is 0.261. The van der Waals surface area contributed by atoms with Gasteiger partial charge in [-0.05, 0) is 43.3 Å². The van der Waals surface area contributed by atoms with Crippen LogP contribution in [0, 0.1) is 0 Å². The topological polar surface area (TPSA) is 91.7 Å². The van der Waals surface area contributed by atoms with Crippen LogP contribution >= 0.6 is 0 Å². The summed E-state index contributed by atoms with van der Waals surface area (Å²) >= 11 is 0. The molecule has 8 nitrogen and oxygen atoms in total. The quantitative estimate of drug-likeness (QED) is 0.539. The minimum absolute atomic E-state index is 0.149. The highest BCUT2D eigenvalue weighted by Crippen LogP contribution is 2.25. The summed E-state index contributed by atoms with van der Waals surface area (Å²) in [7, 11) is 1.54. The zero-order valence-electron chi connectivity index (χ0n) is 17.5. The molecule has 1 N–H and O–H groups in total. The highest BCUT2D eigenvalue weighted by Gasteiger charge is 2.08. The van der Waals surface area contributed by atoms with Gasteiger partial charge in [-0.25, -0.2) is 4.98 Å². The number of benzene rings is 2. The molecule has 0 bridgehead atoms. The molecule has 0 saturated heterocycles. The average molecular weight is 423 g/mol. The maximum atomic E-state index is 12.4. The Morgan fingerprint density at radius 2 is 1.81 bits per heavy atom. The normalized spacial score (nSPS) is 10.4. The number of hydrogen-bond acceptors (Lipinski definition) is 6. The number of rotatable bonds is 10. The second-order valence-electron chi connectivity index (χ2n) is 6.55. The minimum Gasteiger partial charge on any atom is -0.494 e. The van der Waals surface area contributed by atoms with Gasteiger partial charge in [0, 0.05) is 24.7 Å². The van der Waals surface area contributed by atoms with Crippen LogP contribution in [0.2, 0.25) is 0 Å². The molecule has 0 radical (unpaired) electrons. The number of carbonyl (C=O) groups is 1. The molecule has 0 unspecified atom stereocenters. The van der Waals surface area contributed by atoms with Crippen molar-refractivity contribution in [2.75, 3.05) is 26.9 Å². The van der Waals surface area contributed by atoms with Gasteiger partial charge in [-0.2, -0.15) is 0 Å². The third kappa shape index (κ3) is 6.08. The maximum absolute atomic E-state index is 12.4. The lowest BCUT2D eigenvalue weighted by molar-refractivity contribution is -0.123. The van der Waals surface area contributed by atoms with Crippen molar-refractivity contribution in [2.24, 2.45) is 0 Å². The van der Waals surface area contributed by atoms with E-state index in [2.05, 4.69) is 10.3 Å². The van der Waals surface area contributed by atoms with Crippen molar-refractivity contribution >= 4 is 5.91 Å². The zero-order chi connectivity index (χ0) is 22.1. The Balaban J connectivity index is 1.50. The molecule has 3 aromatic rings. The molecule has 0 fully saturated rings. The molecule has 3 rings (SSSR count). The smallest absolute Gasteiger partial charge is 0.258 e. The Kier molecular flexibility index (Phi) is 7.64. The lowest BCUT2D eigenvalue weighted by Crippen LogP contribution is -2.33. The number of ether oxygens (including phenoxy) is 3. The van der Waals surface area contributed by atoms with Crippen LogP contribution in [-0.2, 0) is 11.3 Å². The summed E-state index contributed by atoms with van der Waals surface area (Å²) in [6.07, 6.45) is 1.48. The Morgan fingerprint density at radius 1 is 1.06 bits per heavy atom. The molecule has 1 amide bonds. The number of nitrogens with zero attached hydrogens (tertiary/aromatic N) is 2. The predicted molar refractivity (Wildman–Crippen MR) is 117 cm³/mol. The van der Waals surface area contributed by atoms with Crippen LogP contribution in [0.4, 0.5) is 0 Å². The van der Waals surface area contributed by atoms with Crippen LogP contribution in [-0.4, -0.2) is 42.3 Å². The first-order valence-corrected chi connectivity index (χ1v) is 9.93. The number of nitrogens with one attached hydrogen (secondary N) is 1. The monoisotopic (exact) mass is 423 g/mol. The molecule has 31 heavy (non-hydrogen) atoms. The standard InChI is InChI=1S/C23H25N3O5/c1-3-30-18-10-8-17(9-11-18)19-14-23(28)26(16-25-19)13-12-24-22(27)15-31-21-7-5-4-6-20(21)29-2/h4-11,14,16H,3,12-13,15H2,1-2H3,(H,24,27). The highest BCUT2D eigenvalue weighted by molar-refractivity contribution is 5.77. The molecule has 0 saturated carbocycles. The molecular weight excluding hydrogens is 398 g/mol. The second-order valence-corrected chi connectivity index (χ2v) is 6.55. The van der Waals surface area contributed by atoms with Crippen molar-refractivity contribution in [3.05, 3.63) is 71.3 Å². The summed E-state index contributed by atoms with van der Waals surface area (Å²) in [5, 5.41) is 2.72. The first-order valence-electron chi connectivity index (χ1n) is 9.93. The van der Waals surface area contributed by atoms with Crippen molar-refractivity contribution in [1.29, 1.82) is 0 Å². The molecule has 0 spiro atoms. The van der Waals surface area contributed by atoms with E-state index in [0.717, 1.165) is 11.3 Å². The number of para-hydroxylation sites is 2. The molecule has 2 aromatic carbocycles. The summed E-state index contributed by atoms with van der Waals surface area (Å²) in [6, 6.07) is 16.0. The Hall–Kier alpha value is -3.81. The molecule has 0 aliphatic heterocycles. The van der Waals surface area contributed by atoms with E-state index >= 15 is 0 Å². The molecule has 1 heterocycles. The van der Waals surface area contributed by atoms with Crippen LogP contribution in [0.1, 0.15) is 6.92 Å². The average Bonchev–Trinajstić information content (AvgIpc) is 2.79. The lowest BCUT2D eigenvalue weighted by atomic mass is 10.1. The zero-order valence-corrected chi connectivity index (χ0v) is 17.5. The largest absolute Gasteiger partial charge is 0.494 e. The molecule has 0 aliphatic carbocycles. The van der Waals surface area contributed by atoms with Gasteiger partial charge >= 0.3 is 0 Å². The summed E-state index contributed by atoms with van der Waals surface area (Å²) < 4.78 is 17.5. The Bertz CT molecular complexity index is 1060. The molecular formula is C23H25N3O5. The van der Waals surface area contributed by atoms with E-state index in [1.807, 2.05) is 37.3 Å². The van der Waals surface area contributed by atoms with Gasteiger partial charge in [-0.15, -0.1) is 0 Å². The van der Waals surface area contributed by atoms with Gasteiger partial charge in [-0.1, -0.05) is 12.1 Å². The van der Waals surface area contributed by atoms with Gasteiger partial charge < -0.3 is 19.5 Å². The first-order chi connectivity index (χ1) is 15.1. The van der Waals surface area contributed by atoms with Gasteiger partial charge in [0.15, 0.2) is 18.1 Å². The van der Waals surface area contributed by atoms with E-state index in [9.17, 15) is 9.59 Å². The van der Waals surface area contributed by atoms with E-state index < -0.39 is 0 Å². The van der Waals surface area contributed by atoms with Crippen molar-refractivity contribution in [2.45, 2.75) is 13.5 Å². The van der Waals surface area contributed by atoms with E-state index in [0.29, 0.717) is 30.3 Å². The van der Waals surface area contributed by atoms with E-state index in [1.165, 1.54) is 24.1 Å². The molecule has 0 aliphatic rings. The van der Waals surface area contributed by atoms with Crippen LogP contribution in [0.3, 0.4) is 0 Å². The van der Waals surface area contributed by atoms with Crippen LogP contribution in [0.25, 0.3) is 11.3 Å². The number of carbonyl (C=O) groups excluding carboxylic acids is 1. The van der Waals surface area contributed by atoms with Gasteiger partial charge in [0.25, 0.3) is 11.5 Å². The fourth-order valence-corrected chi connectivity index (χ4v) is 2.89. The molecule has 162 valence electrons. The summed E-state index contributed by atoms with van der Waals surface area (Å²) in [5.41, 5.74) is 1.21. The number of methoxy groups -OCH3 is 1. The lowest BCUT2D eigenvalue weighted by Gasteiger charge is -2.11. The predicted octanol–water partition coefficient (Wildman–Crippen LogP) is 2.51. The Morgan fingerprint density at radius 3 is 2.48 bits per heavy atom. The van der Waals surface area contributed by atoms with Crippen molar-refractivity contribution in [3.8, 4) is 28.5 Å².